The van der Waals surface area contributed by atoms with Crippen LogP contribution in [-0.4, -0.2) is 4.57 Å². The Balaban J connectivity index is 1.18. The lowest BCUT2D eigenvalue weighted by Gasteiger charge is -2.45. The van der Waals surface area contributed by atoms with Gasteiger partial charge in [-0.15, -0.1) is 0 Å². The van der Waals surface area contributed by atoms with Crippen LogP contribution in [0.3, 0.4) is 0 Å². The normalized spacial score (nSPS) is 12.9. The molecular formula is C57H35N5. The van der Waals surface area contributed by atoms with Crippen LogP contribution >= 0.6 is 0 Å². The fraction of sp³-hybridized carbons (Fsp3) is 0.0175. The first-order valence-corrected chi connectivity index (χ1v) is 20.8. The quantitative estimate of drug-likeness (QED) is 0.163. The third-order valence-corrected chi connectivity index (χ3v) is 12.8. The topological polar surface area (TPSA) is 39.6 Å². The first-order valence-electron chi connectivity index (χ1n) is 20.8. The van der Waals surface area contributed by atoms with Crippen molar-refractivity contribution in [1.29, 1.82) is 5.26 Å². The number of nitriles is 1. The number of aromatic nitrogens is 1. The molecule has 0 amide bonds. The van der Waals surface area contributed by atoms with E-state index in [9.17, 15) is 5.26 Å². The number of hydrogen-bond donors (Lipinski definition) is 0. The van der Waals surface area contributed by atoms with Crippen LogP contribution < -0.4 is 9.80 Å². The zero-order valence-corrected chi connectivity index (χ0v) is 33.4. The van der Waals surface area contributed by atoms with Crippen molar-refractivity contribution in [3.05, 3.63) is 252 Å². The van der Waals surface area contributed by atoms with Gasteiger partial charge in [0.15, 0.2) is 5.69 Å². The highest BCUT2D eigenvalue weighted by Crippen LogP contribution is 2.63. The third kappa shape index (κ3) is 5.00. The Hall–Kier alpha value is -8.64. The molecule has 1 spiro atoms. The smallest absolute Gasteiger partial charge is 0.187 e. The van der Waals surface area contributed by atoms with Crippen molar-refractivity contribution in [3.8, 4) is 22.9 Å². The minimum absolute atomic E-state index is 0.538. The maximum atomic E-state index is 9.80. The minimum Gasteiger partial charge on any atom is -0.310 e. The van der Waals surface area contributed by atoms with Crippen molar-refractivity contribution in [1.82, 2.24) is 4.57 Å². The first kappa shape index (κ1) is 35.3. The zero-order valence-electron chi connectivity index (χ0n) is 33.4. The number of fused-ring (bicyclic) bond motifs is 12. The zero-order chi connectivity index (χ0) is 41.4. The second-order valence-corrected chi connectivity index (χ2v) is 15.9. The molecular weight excluding hydrogens is 755 g/mol. The van der Waals surface area contributed by atoms with Gasteiger partial charge in [0, 0.05) is 22.1 Å². The van der Waals surface area contributed by atoms with E-state index >= 15 is 0 Å². The van der Waals surface area contributed by atoms with Gasteiger partial charge in [0.2, 0.25) is 0 Å². The van der Waals surface area contributed by atoms with Crippen molar-refractivity contribution < 1.29 is 0 Å². The average Bonchev–Trinajstić information content (AvgIpc) is 3.83. The highest BCUT2D eigenvalue weighted by atomic mass is 15.2. The summed E-state index contributed by atoms with van der Waals surface area (Å²) in [6.07, 6.45) is 0. The molecule has 62 heavy (non-hydrogen) atoms. The molecule has 12 rings (SSSR count). The van der Waals surface area contributed by atoms with Crippen LogP contribution in [0.1, 0.15) is 27.8 Å². The molecule has 0 radical (unpaired) electrons. The predicted octanol–water partition coefficient (Wildman–Crippen LogP) is 14.8. The fourth-order valence-electron chi connectivity index (χ4n) is 10.3. The van der Waals surface area contributed by atoms with Crippen LogP contribution in [0.25, 0.3) is 43.5 Å². The van der Waals surface area contributed by atoms with Crippen LogP contribution in [0.5, 0.6) is 0 Å². The maximum absolute atomic E-state index is 9.80. The molecule has 0 bridgehead atoms. The lowest BCUT2D eigenvalue weighted by atomic mass is 9.64. The molecule has 10 aromatic rings. The molecule has 9 aromatic carbocycles. The first-order chi connectivity index (χ1) is 30.7. The number of hydrogen-bond acceptors (Lipinski definition) is 3. The largest absolute Gasteiger partial charge is 0.310 e. The summed E-state index contributed by atoms with van der Waals surface area (Å²) in [6.45, 7) is 7.71. The third-order valence-electron chi connectivity index (χ3n) is 12.8. The van der Waals surface area contributed by atoms with Crippen molar-refractivity contribution in [3.63, 3.8) is 0 Å². The van der Waals surface area contributed by atoms with Crippen LogP contribution in [0.15, 0.2) is 212 Å². The van der Waals surface area contributed by atoms with E-state index in [-0.39, 0.29) is 0 Å². The number of nitrogens with zero attached hydrogens (tertiary/aromatic N) is 5. The molecule has 5 heteroatoms. The number of para-hydroxylation sites is 4. The van der Waals surface area contributed by atoms with Gasteiger partial charge in [-0.05, 0) is 112 Å². The van der Waals surface area contributed by atoms with Crippen molar-refractivity contribution in [2.24, 2.45) is 0 Å². The molecule has 1 aliphatic carbocycles. The Bertz CT molecular complexity index is 3300. The Kier molecular flexibility index (Phi) is 7.81. The molecule has 0 unspecified atom stereocenters. The summed E-state index contributed by atoms with van der Waals surface area (Å²) in [5.41, 5.74) is 17.3. The Morgan fingerprint density at radius 3 is 1.48 bits per heavy atom. The highest BCUT2D eigenvalue weighted by molar-refractivity contribution is 6.09. The second-order valence-electron chi connectivity index (χ2n) is 15.9. The van der Waals surface area contributed by atoms with E-state index in [1.807, 2.05) is 48.5 Å². The summed E-state index contributed by atoms with van der Waals surface area (Å²) in [4.78, 5) is 8.38. The van der Waals surface area contributed by atoms with Crippen LogP contribution in [0.4, 0.5) is 39.8 Å². The lowest BCUT2D eigenvalue weighted by molar-refractivity contribution is 0.752. The number of rotatable bonds is 5. The molecule has 1 aromatic heterocycles. The van der Waals surface area contributed by atoms with E-state index < -0.39 is 5.41 Å². The predicted molar refractivity (Wildman–Crippen MR) is 252 cm³/mol. The Labute approximate surface area is 359 Å². The standard InChI is InChI=1S/C57H35N5/c1-59-39-28-32-41(33-29-39)60(40-30-26-38(37-58)27-31-40)42-34-43(61-53-22-10-4-16-47(53)48-17-5-11-23-54(48)61)36-44(35-42)62-55-24-12-8-20-51(55)57(52-21-9-13-25-56(52)62)49-18-6-2-14-45(49)46-15-3-7-19-50(46)57/h2-36H. The van der Waals surface area contributed by atoms with Crippen LogP contribution in [0, 0.1) is 17.9 Å². The minimum atomic E-state index is -0.538. The molecule has 0 atom stereocenters. The monoisotopic (exact) mass is 789 g/mol. The average molecular weight is 790 g/mol. The van der Waals surface area contributed by atoms with Gasteiger partial charge >= 0.3 is 0 Å². The molecule has 1 aliphatic heterocycles. The van der Waals surface area contributed by atoms with Crippen molar-refractivity contribution >= 4 is 61.6 Å². The molecule has 288 valence electrons. The molecule has 0 N–H and O–H groups in total. The molecule has 5 nitrogen and oxygen atoms in total. The van der Waals surface area contributed by atoms with E-state index in [2.05, 4.69) is 189 Å². The van der Waals surface area contributed by atoms with E-state index in [1.165, 1.54) is 44.2 Å². The van der Waals surface area contributed by atoms with Crippen LogP contribution in [0.2, 0.25) is 0 Å². The molecule has 0 saturated heterocycles. The summed E-state index contributed by atoms with van der Waals surface area (Å²) < 4.78 is 2.38. The van der Waals surface area contributed by atoms with Gasteiger partial charge in [0.1, 0.15) is 0 Å². The van der Waals surface area contributed by atoms with Gasteiger partial charge in [0.05, 0.1) is 63.1 Å². The summed E-state index contributed by atoms with van der Waals surface area (Å²) in [6, 6.07) is 77.5. The SMILES string of the molecule is [C-]#[N+]c1ccc(N(c2ccc(C#N)cc2)c2cc(N3c4ccccc4C4(c5ccccc5-c5ccccc54)c4ccccc43)cc(-n3c4ccccc4c4ccccc43)c2)cc1. The molecule has 0 fully saturated rings. The van der Waals surface area contributed by atoms with Gasteiger partial charge in [-0.3, -0.25) is 0 Å². The van der Waals surface area contributed by atoms with Gasteiger partial charge < -0.3 is 14.4 Å². The van der Waals surface area contributed by atoms with Crippen LogP contribution in [-0.2, 0) is 5.41 Å². The van der Waals surface area contributed by atoms with Gasteiger partial charge in [0.25, 0.3) is 0 Å². The summed E-state index contributed by atoms with van der Waals surface area (Å²) in [5.74, 6) is 0. The van der Waals surface area contributed by atoms with E-state index in [0.29, 0.717) is 11.3 Å². The van der Waals surface area contributed by atoms with Gasteiger partial charge in [-0.1, -0.05) is 133 Å². The van der Waals surface area contributed by atoms with Gasteiger partial charge in [-0.25, -0.2) is 4.85 Å². The Morgan fingerprint density at radius 2 is 0.935 bits per heavy atom. The molecule has 2 aliphatic rings. The number of benzene rings is 9. The summed E-state index contributed by atoms with van der Waals surface area (Å²) in [7, 11) is 0. The highest BCUT2D eigenvalue weighted by Gasteiger charge is 2.51. The maximum Gasteiger partial charge on any atom is 0.187 e. The number of anilines is 6. The molecule has 0 saturated carbocycles. The summed E-state index contributed by atoms with van der Waals surface area (Å²) >= 11 is 0. The lowest BCUT2D eigenvalue weighted by Crippen LogP contribution is -2.36. The van der Waals surface area contributed by atoms with E-state index in [1.54, 1.807) is 0 Å². The van der Waals surface area contributed by atoms with E-state index in [0.717, 1.165) is 50.8 Å². The Morgan fingerprint density at radius 1 is 0.468 bits per heavy atom. The molecule has 2 heterocycles. The van der Waals surface area contributed by atoms with E-state index in [4.69, 9.17) is 6.57 Å². The fourth-order valence-corrected chi connectivity index (χ4v) is 10.3. The second kappa shape index (κ2) is 13.7. The van der Waals surface area contributed by atoms with Crippen molar-refractivity contribution in [2.45, 2.75) is 5.41 Å². The van der Waals surface area contributed by atoms with Crippen molar-refractivity contribution in [2.75, 3.05) is 9.80 Å². The summed E-state index contributed by atoms with van der Waals surface area (Å²) in [5, 5.41) is 12.2. The van der Waals surface area contributed by atoms with Gasteiger partial charge in [-0.2, -0.15) is 5.26 Å².